The van der Waals surface area contributed by atoms with Crippen molar-refractivity contribution >= 4 is 11.7 Å². The van der Waals surface area contributed by atoms with Gasteiger partial charge in [-0.2, -0.15) is 5.26 Å². The number of aliphatic carboxylic acids is 1. The van der Waals surface area contributed by atoms with E-state index < -0.39 is 17.7 Å². The molecule has 1 N–H and O–H groups in total. The van der Waals surface area contributed by atoms with Crippen molar-refractivity contribution in [1.82, 2.24) is 4.98 Å². The summed E-state index contributed by atoms with van der Waals surface area (Å²) in [5, 5.41) is 19.4. The molecule has 1 aliphatic heterocycles. The Balaban J connectivity index is 1.75. The van der Waals surface area contributed by atoms with Crippen molar-refractivity contribution < 1.29 is 19.4 Å². The van der Waals surface area contributed by atoms with E-state index in [9.17, 15) is 9.90 Å². The van der Waals surface area contributed by atoms with Crippen molar-refractivity contribution in [2.45, 2.75) is 79.6 Å². The number of rotatable bonds is 8. The summed E-state index contributed by atoms with van der Waals surface area (Å²) in [5.41, 5.74) is 6.07. The molecule has 0 aliphatic carbocycles. The first-order chi connectivity index (χ1) is 19.3. The van der Waals surface area contributed by atoms with Gasteiger partial charge in [0.05, 0.1) is 22.9 Å². The highest BCUT2D eigenvalue weighted by Gasteiger charge is 2.36. The van der Waals surface area contributed by atoms with Crippen LogP contribution in [0.5, 0.6) is 5.75 Å². The zero-order valence-corrected chi connectivity index (χ0v) is 25.2. The Morgan fingerprint density at radius 1 is 1.05 bits per heavy atom. The molecule has 1 saturated heterocycles. The molecule has 1 aliphatic rings. The lowest BCUT2D eigenvalue weighted by molar-refractivity contribution is -0.160. The fraction of sp³-hybridized carbons (Fsp3) is 0.441. The number of nitrogens with zero attached hydrogens (tertiary/aromatic N) is 3. The van der Waals surface area contributed by atoms with E-state index in [4.69, 9.17) is 19.7 Å². The van der Waals surface area contributed by atoms with Gasteiger partial charge in [0.15, 0.2) is 6.10 Å². The zero-order chi connectivity index (χ0) is 29.9. The van der Waals surface area contributed by atoms with Crippen LogP contribution in [0.15, 0.2) is 48.5 Å². The summed E-state index contributed by atoms with van der Waals surface area (Å²) in [7, 11) is 0. The fourth-order valence-corrected chi connectivity index (χ4v) is 5.32. The third-order valence-corrected chi connectivity index (χ3v) is 7.60. The van der Waals surface area contributed by atoms with Crippen LogP contribution in [0.1, 0.15) is 81.6 Å². The van der Waals surface area contributed by atoms with E-state index in [1.165, 1.54) is 0 Å². The number of aromatic nitrogens is 1. The van der Waals surface area contributed by atoms with Gasteiger partial charge in [0, 0.05) is 35.6 Å². The summed E-state index contributed by atoms with van der Waals surface area (Å²) in [6, 6.07) is 17.4. The van der Waals surface area contributed by atoms with Crippen molar-refractivity contribution in [3.63, 3.8) is 0 Å². The number of hydrogen-bond donors (Lipinski definition) is 1. The van der Waals surface area contributed by atoms with Gasteiger partial charge in [0.25, 0.3) is 0 Å². The topological polar surface area (TPSA) is 95.7 Å². The molecule has 1 atom stereocenters. The summed E-state index contributed by atoms with van der Waals surface area (Å²) >= 11 is 0. The Morgan fingerprint density at radius 2 is 1.66 bits per heavy atom. The summed E-state index contributed by atoms with van der Waals surface area (Å²) in [6.45, 7) is 16.1. The molecule has 1 aromatic heterocycles. The second-order valence-electron chi connectivity index (χ2n) is 12.6. The summed E-state index contributed by atoms with van der Waals surface area (Å²) < 4.78 is 12.2. The van der Waals surface area contributed by atoms with Gasteiger partial charge in [-0.3, -0.25) is 4.98 Å². The van der Waals surface area contributed by atoms with Crippen LogP contribution in [0.25, 0.3) is 11.1 Å². The Hall–Kier alpha value is -3.89. The number of carbonyl (C=O) groups is 1. The number of carboxylic acids is 1. The zero-order valence-electron chi connectivity index (χ0n) is 25.2. The SMILES string of the molecule is Cc1nc(C)c(C(OC(C)(C)C)C(=O)O)c(N2CCC(C)(C)CC2)c1-c1ccc(OCc2ccc(C#N)cc2)cc1. The van der Waals surface area contributed by atoms with Crippen LogP contribution in [0, 0.1) is 30.6 Å². The van der Waals surface area contributed by atoms with Crippen LogP contribution in [0.2, 0.25) is 0 Å². The normalized spacial score (nSPS) is 15.7. The monoisotopic (exact) mass is 555 g/mol. The molecule has 41 heavy (non-hydrogen) atoms. The molecule has 0 radical (unpaired) electrons. The van der Waals surface area contributed by atoms with E-state index in [-0.39, 0.29) is 5.41 Å². The molecular formula is C34H41N3O4. The van der Waals surface area contributed by atoms with Crippen molar-refractivity contribution in [3.05, 3.63) is 76.6 Å². The van der Waals surface area contributed by atoms with Crippen molar-refractivity contribution in [1.29, 1.82) is 5.26 Å². The summed E-state index contributed by atoms with van der Waals surface area (Å²) in [5.74, 6) is -0.304. The molecule has 7 heteroatoms. The molecule has 7 nitrogen and oxygen atoms in total. The number of ether oxygens (including phenoxy) is 2. The first-order valence-corrected chi connectivity index (χ1v) is 14.2. The van der Waals surface area contributed by atoms with E-state index >= 15 is 0 Å². The van der Waals surface area contributed by atoms with Crippen LogP contribution >= 0.6 is 0 Å². The van der Waals surface area contributed by atoms with Gasteiger partial charge in [-0.1, -0.05) is 38.1 Å². The van der Waals surface area contributed by atoms with Gasteiger partial charge in [-0.15, -0.1) is 0 Å². The van der Waals surface area contributed by atoms with Crippen LogP contribution in [0.3, 0.4) is 0 Å². The molecule has 2 heterocycles. The largest absolute Gasteiger partial charge is 0.489 e. The first-order valence-electron chi connectivity index (χ1n) is 14.2. The number of aryl methyl sites for hydroxylation is 2. The van der Waals surface area contributed by atoms with Gasteiger partial charge < -0.3 is 19.5 Å². The maximum atomic E-state index is 12.7. The minimum Gasteiger partial charge on any atom is -0.489 e. The van der Waals surface area contributed by atoms with E-state index in [0.717, 1.165) is 59.8 Å². The molecule has 0 bridgehead atoms. The Labute approximate surface area is 243 Å². The average molecular weight is 556 g/mol. The van der Waals surface area contributed by atoms with E-state index in [1.807, 2.05) is 71.0 Å². The fourth-order valence-electron chi connectivity index (χ4n) is 5.32. The molecule has 1 unspecified atom stereocenters. The number of hydrogen-bond acceptors (Lipinski definition) is 6. The van der Waals surface area contributed by atoms with Crippen molar-refractivity contribution in [2.24, 2.45) is 5.41 Å². The lowest BCUT2D eigenvalue weighted by Gasteiger charge is -2.41. The van der Waals surface area contributed by atoms with E-state index in [2.05, 4.69) is 24.8 Å². The molecule has 0 saturated carbocycles. The molecule has 2 aromatic carbocycles. The van der Waals surface area contributed by atoms with Crippen LogP contribution in [0.4, 0.5) is 5.69 Å². The molecule has 0 amide bonds. The maximum Gasteiger partial charge on any atom is 0.337 e. The van der Waals surface area contributed by atoms with Gasteiger partial charge in [-0.25, -0.2) is 4.79 Å². The lowest BCUT2D eigenvalue weighted by Crippen LogP contribution is -2.39. The predicted octanol–water partition coefficient (Wildman–Crippen LogP) is 7.38. The van der Waals surface area contributed by atoms with E-state index in [0.29, 0.717) is 23.4 Å². The highest BCUT2D eigenvalue weighted by Crippen LogP contribution is 2.45. The number of carboxylic acid groups (broad SMARTS) is 1. The summed E-state index contributed by atoms with van der Waals surface area (Å²) in [4.78, 5) is 19.9. The number of pyridine rings is 1. The van der Waals surface area contributed by atoms with Crippen LogP contribution < -0.4 is 9.64 Å². The van der Waals surface area contributed by atoms with Crippen LogP contribution in [-0.2, 0) is 16.1 Å². The Morgan fingerprint density at radius 3 is 2.20 bits per heavy atom. The number of anilines is 1. The van der Waals surface area contributed by atoms with Crippen molar-refractivity contribution in [2.75, 3.05) is 18.0 Å². The number of nitriles is 1. The Bertz CT molecular complexity index is 1420. The highest BCUT2D eigenvalue weighted by molar-refractivity contribution is 5.88. The number of piperidine rings is 1. The molecule has 4 rings (SSSR count). The molecule has 0 spiro atoms. The maximum absolute atomic E-state index is 12.7. The third kappa shape index (κ3) is 7.25. The quantitative estimate of drug-likeness (QED) is 0.310. The minimum absolute atomic E-state index is 0.232. The van der Waals surface area contributed by atoms with E-state index in [1.54, 1.807) is 12.1 Å². The van der Waals surface area contributed by atoms with Gasteiger partial charge >= 0.3 is 5.97 Å². The van der Waals surface area contributed by atoms with Gasteiger partial charge in [0.2, 0.25) is 0 Å². The standard InChI is InChI=1S/C34H41N3O4/c1-22-28(26-12-14-27(15-13-26)40-21-25-10-8-24(20-35)9-11-25)30(37-18-16-34(6,7)17-19-37)29(23(2)36-22)31(32(38)39)41-33(3,4)5/h8-15,31H,16-19,21H2,1-7H3,(H,38,39). The molecular weight excluding hydrogens is 514 g/mol. The third-order valence-electron chi connectivity index (χ3n) is 7.60. The molecule has 1 fully saturated rings. The smallest absolute Gasteiger partial charge is 0.337 e. The summed E-state index contributed by atoms with van der Waals surface area (Å²) in [6.07, 6.45) is 0.861. The Kier molecular flexibility index (Phi) is 8.74. The van der Waals surface area contributed by atoms with Gasteiger partial charge in [-0.05, 0) is 88.3 Å². The molecule has 216 valence electrons. The second kappa shape index (κ2) is 11.9. The van der Waals surface area contributed by atoms with Crippen LogP contribution in [-0.4, -0.2) is 34.8 Å². The van der Waals surface area contributed by atoms with Gasteiger partial charge in [0.1, 0.15) is 12.4 Å². The first kappa shape index (κ1) is 30.1. The number of benzene rings is 2. The predicted molar refractivity (Wildman–Crippen MR) is 161 cm³/mol. The molecule has 3 aromatic rings. The second-order valence-corrected chi connectivity index (χ2v) is 12.6. The van der Waals surface area contributed by atoms with Crippen molar-refractivity contribution in [3.8, 4) is 22.9 Å². The average Bonchev–Trinajstić information content (AvgIpc) is 2.91. The minimum atomic E-state index is -1.15. The highest BCUT2D eigenvalue weighted by atomic mass is 16.5. The lowest BCUT2D eigenvalue weighted by atomic mass is 9.82.